The van der Waals surface area contributed by atoms with Crippen LogP contribution in [0.3, 0.4) is 0 Å². The van der Waals surface area contributed by atoms with Crippen LogP contribution in [0.5, 0.6) is 11.5 Å². The minimum Gasteiger partial charge on any atom is -0.508 e. The van der Waals surface area contributed by atoms with Crippen LogP contribution in [-0.2, 0) is 6.42 Å². The maximum absolute atomic E-state index is 9.27. The molecule has 0 bridgehead atoms. The molecule has 2 rings (SSSR count). The molecule has 17 heavy (non-hydrogen) atoms. The first-order valence-corrected chi connectivity index (χ1v) is 6.63. The van der Waals surface area contributed by atoms with E-state index in [1.54, 1.807) is 11.3 Å². The summed E-state index contributed by atoms with van der Waals surface area (Å²) in [5.41, 5.74) is 0. The van der Waals surface area contributed by atoms with Crippen molar-refractivity contribution in [2.75, 3.05) is 6.61 Å². The van der Waals surface area contributed by atoms with Crippen LogP contribution < -0.4 is 4.74 Å². The zero-order valence-corrected chi connectivity index (χ0v) is 11.1. The molecule has 0 unspecified atom stereocenters. The summed E-state index contributed by atoms with van der Waals surface area (Å²) in [5.74, 6) is 0.452. The summed E-state index contributed by atoms with van der Waals surface area (Å²) < 4.78 is 5.53. The van der Waals surface area contributed by atoms with Gasteiger partial charge in [0.15, 0.2) is 5.75 Å². The van der Waals surface area contributed by atoms with Crippen molar-refractivity contribution < 1.29 is 9.84 Å². The molecule has 0 aliphatic heterocycles. The van der Waals surface area contributed by atoms with Crippen molar-refractivity contribution in [2.45, 2.75) is 6.42 Å². The van der Waals surface area contributed by atoms with Gasteiger partial charge >= 0.3 is 0 Å². The van der Waals surface area contributed by atoms with Gasteiger partial charge in [-0.2, -0.15) is 0 Å². The van der Waals surface area contributed by atoms with Crippen LogP contribution in [-0.4, -0.2) is 11.7 Å². The fourth-order valence-corrected chi connectivity index (χ4v) is 2.67. The van der Waals surface area contributed by atoms with E-state index in [0.717, 1.165) is 6.42 Å². The molecular formula is C12H10Cl2O2S. The SMILES string of the molecule is Oc1cc(Cl)c(OCCc2cccs2)c(Cl)c1. The third kappa shape index (κ3) is 3.28. The predicted molar refractivity (Wildman–Crippen MR) is 71.6 cm³/mol. The van der Waals surface area contributed by atoms with Crippen molar-refractivity contribution >= 4 is 34.5 Å². The molecule has 90 valence electrons. The van der Waals surface area contributed by atoms with Gasteiger partial charge in [0.25, 0.3) is 0 Å². The van der Waals surface area contributed by atoms with E-state index >= 15 is 0 Å². The second kappa shape index (κ2) is 5.63. The molecule has 1 aromatic heterocycles. The maximum atomic E-state index is 9.27. The van der Waals surface area contributed by atoms with Crippen LogP contribution in [0.1, 0.15) is 4.88 Å². The van der Waals surface area contributed by atoms with Crippen molar-refractivity contribution in [2.24, 2.45) is 0 Å². The average Bonchev–Trinajstić information content (AvgIpc) is 2.74. The largest absolute Gasteiger partial charge is 0.508 e. The number of hydrogen-bond donors (Lipinski definition) is 1. The topological polar surface area (TPSA) is 29.5 Å². The van der Waals surface area contributed by atoms with Crippen LogP contribution in [0.15, 0.2) is 29.6 Å². The number of thiophene rings is 1. The van der Waals surface area contributed by atoms with Crippen LogP contribution >= 0.6 is 34.5 Å². The van der Waals surface area contributed by atoms with E-state index in [-0.39, 0.29) is 5.75 Å². The molecule has 0 radical (unpaired) electrons. The Kier molecular flexibility index (Phi) is 4.15. The summed E-state index contributed by atoms with van der Waals surface area (Å²) in [4.78, 5) is 1.25. The molecule has 0 saturated carbocycles. The molecule has 0 saturated heterocycles. The van der Waals surface area contributed by atoms with Gasteiger partial charge in [0.1, 0.15) is 5.75 Å². The van der Waals surface area contributed by atoms with Crippen molar-refractivity contribution in [3.8, 4) is 11.5 Å². The second-order valence-electron chi connectivity index (χ2n) is 3.42. The van der Waals surface area contributed by atoms with E-state index in [0.29, 0.717) is 22.4 Å². The molecule has 0 aliphatic carbocycles. The number of hydrogen-bond acceptors (Lipinski definition) is 3. The zero-order chi connectivity index (χ0) is 12.3. The first kappa shape index (κ1) is 12.6. The van der Waals surface area contributed by atoms with E-state index < -0.39 is 0 Å². The van der Waals surface area contributed by atoms with Crippen LogP contribution in [0.2, 0.25) is 10.0 Å². The normalized spacial score (nSPS) is 10.5. The molecular weight excluding hydrogens is 279 g/mol. The van der Waals surface area contributed by atoms with Gasteiger partial charge in [-0.25, -0.2) is 0 Å². The number of phenolic OH excluding ortho intramolecular Hbond substituents is 1. The number of phenols is 1. The third-order valence-electron chi connectivity index (χ3n) is 2.16. The van der Waals surface area contributed by atoms with E-state index in [2.05, 4.69) is 0 Å². The summed E-state index contributed by atoms with van der Waals surface area (Å²) in [6.45, 7) is 0.505. The van der Waals surface area contributed by atoms with E-state index in [1.165, 1.54) is 17.0 Å². The molecule has 5 heteroatoms. The summed E-state index contributed by atoms with van der Waals surface area (Å²) in [6.07, 6.45) is 0.811. The highest BCUT2D eigenvalue weighted by Crippen LogP contribution is 2.36. The molecule has 1 N–H and O–H groups in total. The molecule has 0 aliphatic rings. The molecule has 0 spiro atoms. The van der Waals surface area contributed by atoms with Crippen LogP contribution in [0.4, 0.5) is 0 Å². The number of rotatable bonds is 4. The standard InChI is InChI=1S/C12H10Cl2O2S/c13-10-6-8(15)7-11(14)12(10)16-4-3-9-2-1-5-17-9/h1-2,5-7,15H,3-4H2. The van der Waals surface area contributed by atoms with Gasteiger partial charge < -0.3 is 9.84 Å². The molecule has 1 heterocycles. The fraction of sp³-hybridized carbons (Fsp3) is 0.167. The fourth-order valence-electron chi connectivity index (χ4n) is 1.39. The smallest absolute Gasteiger partial charge is 0.156 e. The summed E-state index contributed by atoms with van der Waals surface area (Å²) >= 11 is 13.5. The minimum absolute atomic E-state index is 0.0330. The second-order valence-corrected chi connectivity index (χ2v) is 5.26. The van der Waals surface area contributed by atoms with Gasteiger partial charge in [-0.3, -0.25) is 0 Å². The van der Waals surface area contributed by atoms with Gasteiger partial charge in [-0.1, -0.05) is 29.3 Å². The van der Waals surface area contributed by atoms with Crippen molar-refractivity contribution in [3.05, 3.63) is 44.6 Å². The van der Waals surface area contributed by atoms with Crippen molar-refractivity contribution in [1.82, 2.24) is 0 Å². The van der Waals surface area contributed by atoms with Gasteiger partial charge in [-0.15, -0.1) is 11.3 Å². The van der Waals surface area contributed by atoms with Crippen molar-refractivity contribution in [1.29, 1.82) is 0 Å². The predicted octanol–water partition coefficient (Wildman–Crippen LogP) is 4.38. The van der Waals surface area contributed by atoms with Crippen LogP contribution in [0, 0.1) is 0 Å². The molecule has 0 amide bonds. The van der Waals surface area contributed by atoms with E-state index in [4.69, 9.17) is 27.9 Å². The number of benzene rings is 1. The monoisotopic (exact) mass is 288 g/mol. The first-order valence-electron chi connectivity index (χ1n) is 5.00. The van der Waals surface area contributed by atoms with Gasteiger partial charge in [0.05, 0.1) is 16.7 Å². The lowest BCUT2D eigenvalue weighted by molar-refractivity contribution is 0.322. The average molecular weight is 289 g/mol. The van der Waals surface area contributed by atoms with Gasteiger partial charge in [-0.05, 0) is 11.4 Å². The Bertz CT molecular complexity index is 474. The Morgan fingerprint density at radius 3 is 2.53 bits per heavy atom. The Morgan fingerprint density at radius 1 is 1.24 bits per heavy atom. The Hall–Kier alpha value is -0.900. The third-order valence-corrected chi connectivity index (χ3v) is 3.66. The number of ether oxygens (including phenoxy) is 1. The first-order chi connectivity index (χ1) is 8.16. The summed E-state index contributed by atoms with van der Waals surface area (Å²) in [6, 6.07) is 6.87. The molecule has 0 atom stereocenters. The quantitative estimate of drug-likeness (QED) is 0.905. The highest BCUT2D eigenvalue weighted by atomic mass is 35.5. The highest BCUT2D eigenvalue weighted by Gasteiger charge is 2.09. The lowest BCUT2D eigenvalue weighted by Gasteiger charge is -2.09. The number of halogens is 2. The maximum Gasteiger partial charge on any atom is 0.156 e. The molecule has 2 nitrogen and oxygen atoms in total. The Labute approximate surface area is 113 Å². The lowest BCUT2D eigenvalue weighted by atomic mass is 10.3. The summed E-state index contributed by atoms with van der Waals surface area (Å²) in [5, 5.41) is 11.9. The molecule has 1 aromatic carbocycles. The summed E-state index contributed by atoms with van der Waals surface area (Å²) in [7, 11) is 0. The number of aromatic hydroxyl groups is 1. The zero-order valence-electron chi connectivity index (χ0n) is 8.82. The Balaban J connectivity index is 1.99. The van der Waals surface area contributed by atoms with Crippen LogP contribution in [0.25, 0.3) is 0 Å². The van der Waals surface area contributed by atoms with Gasteiger partial charge in [0.2, 0.25) is 0 Å². The minimum atomic E-state index is 0.0330. The molecule has 0 fully saturated rings. The lowest BCUT2D eigenvalue weighted by Crippen LogP contribution is -2.01. The van der Waals surface area contributed by atoms with Gasteiger partial charge in [0, 0.05) is 23.4 Å². The highest BCUT2D eigenvalue weighted by molar-refractivity contribution is 7.09. The Morgan fingerprint density at radius 2 is 1.94 bits per heavy atom. The van der Waals surface area contributed by atoms with Crippen molar-refractivity contribution in [3.63, 3.8) is 0 Å². The molecule has 2 aromatic rings. The van der Waals surface area contributed by atoms with E-state index in [1.807, 2.05) is 17.5 Å². The van der Waals surface area contributed by atoms with E-state index in [9.17, 15) is 5.11 Å².